The molecule has 0 saturated carbocycles. The molecule has 2 aromatic rings. The summed E-state index contributed by atoms with van der Waals surface area (Å²) in [4.78, 5) is 8.16. The molecular formula is C10H15N5O2S. The molecule has 0 spiro atoms. The van der Waals surface area contributed by atoms with Crippen LogP contribution in [0.5, 0.6) is 0 Å². The molecule has 2 aromatic heterocycles. The lowest BCUT2D eigenvalue weighted by Gasteiger charge is -2.13. The van der Waals surface area contributed by atoms with E-state index in [1.807, 2.05) is 6.92 Å². The molecular weight excluding hydrogens is 254 g/mol. The fourth-order valence-electron chi connectivity index (χ4n) is 1.58. The van der Waals surface area contributed by atoms with Gasteiger partial charge in [-0.3, -0.25) is 5.10 Å². The number of nitrogens with zero attached hydrogens (tertiary/aromatic N) is 3. The predicted octanol–water partition coefficient (Wildman–Crippen LogP) is 0.588. The standard InChI is InChI=1S/C10H15N5O2S/c1-7(3-4-18(2,16)17)14-9-8-5-13-15-10(8)12-6-11-9/h5-7H,3-4H2,1-2H3,(H2,11,12,13,14,15). The number of aromatic nitrogens is 4. The fourth-order valence-corrected chi connectivity index (χ4v) is 2.36. The number of hydrogen-bond acceptors (Lipinski definition) is 6. The molecule has 2 rings (SSSR count). The third-order valence-electron chi connectivity index (χ3n) is 2.55. The van der Waals surface area contributed by atoms with Crippen LogP contribution in [0.3, 0.4) is 0 Å². The second-order valence-corrected chi connectivity index (χ2v) is 6.58. The number of fused-ring (bicyclic) bond motifs is 1. The van der Waals surface area contributed by atoms with Gasteiger partial charge in [0.2, 0.25) is 0 Å². The highest BCUT2D eigenvalue weighted by molar-refractivity contribution is 7.90. The topological polar surface area (TPSA) is 101 Å². The Morgan fingerprint density at radius 2 is 2.22 bits per heavy atom. The van der Waals surface area contributed by atoms with Gasteiger partial charge in [0.1, 0.15) is 22.0 Å². The van der Waals surface area contributed by atoms with E-state index in [2.05, 4.69) is 25.5 Å². The monoisotopic (exact) mass is 269 g/mol. The van der Waals surface area contributed by atoms with Gasteiger partial charge in [-0.15, -0.1) is 0 Å². The molecule has 0 amide bonds. The van der Waals surface area contributed by atoms with Gasteiger partial charge >= 0.3 is 0 Å². The van der Waals surface area contributed by atoms with Crippen LogP contribution in [0.15, 0.2) is 12.5 Å². The molecule has 1 unspecified atom stereocenters. The molecule has 0 bridgehead atoms. The molecule has 2 N–H and O–H groups in total. The molecule has 0 aliphatic heterocycles. The van der Waals surface area contributed by atoms with Crippen LogP contribution in [0.2, 0.25) is 0 Å². The van der Waals surface area contributed by atoms with Crippen LogP contribution in [-0.2, 0) is 9.84 Å². The molecule has 2 heterocycles. The molecule has 0 aromatic carbocycles. The van der Waals surface area contributed by atoms with E-state index in [0.717, 1.165) is 5.39 Å². The van der Waals surface area contributed by atoms with E-state index in [9.17, 15) is 8.42 Å². The highest BCUT2D eigenvalue weighted by atomic mass is 32.2. The second-order valence-electron chi connectivity index (χ2n) is 4.32. The summed E-state index contributed by atoms with van der Waals surface area (Å²) in [5.41, 5.74) is 0.655. The van der Waals surface area contributed by atoms with E-state index in [1.54, 1.807) is 6.20 Å². The van der Waals surface area contributed by atoms with Crippen LogP contribution >= 0.6 is 0 Å². The predicted molar refractivity (Wildman–Crippen MR) is 69.1 cm³/mol. The number of aromatic amines is 1. The minimum Gasteiger partial charge on any atom is -0.367 e. The molecule has 1 atom stereocenters. The lowest BCUT2D eigenvalue weighted by Crippen LogP contribution is -2.20. The Morgan fingerprint density at radius 3 is 2.94 bits per heavy atom. The first-order valence-corrected chi connectivity index (χ1v) is 7.60. The average Bonchev–Trinajstić information content (AvgIpc) is 2.74. The van der Waals surface area contributed by atoms with Crippen molar-refractivity contribution in [3.8, 4) is 0 Å². The molecule has 8 heteroatoms. The highest BCUT2D eigenvalue weighted by Gasteiger charge is 2.11. The van der Waals surface area contributed by atoms with Crippen molar-refractivity contribution in [3.63, 3.8) is 0 Å². The molecule has 18 heavy (non-hydrogen) atoms. The first kappa shape index (κ1) is 12.7. The van der Waals surface area contributed by atoms with Gasteiger partial charge in [0.05, 0.1) is 17.3 Å². The maximum atomic E-state index is 11.1. The summed E-state index contributed by atoms with van der Waals surface area (Å²) in [7, 11) is -2.93. The van der Waals surface area contributed by atoms with Gasteiger partial charge in [-0.1, -0.05) is 0 Å². The Hall–Kier alpha value is -1.70. The van der Waals surface area contributed by atoms with Gasteiger partial charge in [-0.2, -0.15) is 5.10 Å². The molecule has 0 radical (unpaired) electrons. The van der Waals surface area contributed by atoms with Crippen LogP contribution < -0.4 is 5.32 Å². The average molecular weight is 269 g/mol. The summed E-state index contributed by atoms with van der Waals surface area (Å²) in [5.74, 6) is 0.815. The number of anilines is 1. The number of sulfone groups is 1. The van der Waals surface area contributed by atoms with Crippen molar-refractivity contribution < 1.29 is 8.42 Å². The van der Waals surface area contributed by atoms with Crippen molar-refractivity contribution in [1.29, 1.82) is 0 Å². The van der Waals surface area contributed by atoms with Crippen molar-refractivity contribution in [1.82, 2.24) is 20.2 Å². The van der Waals surface area contributed by atoms with E-state index in [-0.39, 0.29) is 11.8 Å². The van der Waals surface area contributed by atoms with Crippen LogP contribution in [0.25, 0.3) is 11.0 Å². The highest BCUT2D eigenvalue weighted by Crippen LogP contribution is 2.17. The zero-order chi connectivity index (χ0) is 13.2. The Bertz CT molecular complexity index is 637. The lowest BCUT2D eigenvalue weighted by molar-refractivity contribution is 0.595. The Labute approximate surface area is 105 Å². The minimum atomic E-state index is -2.93. The summed E-state index contributed by atoms with van der Waals surface area (Å²) in [6.45, 7) is 1.92. The molecule has 0 saturated heterocycles. The third kappa shape index (κ3) is 3.16. The number of nitrogens with one attached hydrogen (secondary N) is 2. The van der Waals surface area contributed by atoms with Gasteiger partial charge in [0.15, 0.2) is 5.65 Å². The molecule has 7 nitrogen and oxygen atoms in total. The van der Waals surface area contributed by atoms with Crippen LogP contribution in [-0.4, -0.2) is 46.6 Å². The summed E-state index contributed by atoms with van der Waals surface area (Å²) < 4.78 is 22.2. The zero-order valence-electron chi connectivity index (χ0n) is 10.2. The van der Waals surface area contributed by atoms with E-state index >= 15 is 0 Å². The molecule has 0 fully saturated rings. The van der Waals surface area contributed by atoms with E-state index in [0.29, 0.717) is 17.9 Å². The molecule has 0 aliphatic rings. The Balaban J connectivity index is 2.07. The number of H-pyrrole nitrogens is 1. The van der Waals surface area contributed by atoms with Crippen molar-refractivity contribution in [2.45, 2.75) is 19.4 Å². The quantitative estimate of drug-likeness (QED) is 0.823. The Morgan fingerprint density at radius 1 is 1.44 bits per heavy atom. The van der Waals surface area contributed by atoms with Crippen LogP contribution in [0.1, 0.15) is 13.3 Å². The summed E-state index contributed by atoms with van der Waals surface area (Å²) >= 11 is 0. The van der Waals surface area contributed by atoms with Gasteiger partial charge in [0, 0.05) is 12.3 Å². The molecule has 98 valence electrons. The maximum absolute atomic E-state index is 11.1. The fraction of sp³-hybridized carbons (Fsp3) is 0.500. The summed E-state index contributed by atoms with van der Waals surface area (Å²) in [5, 5.41) is 10.6. The smallest absolute Gasteiger partial charge is 0.160 e. The van der Waals surface area contributed by atoms with Crippen molar-refractivity contribution in [2.24, 2.45) is 0 Å². The van der Waals surface area contributed by atoms with Crippen molar-refractivity contribution in [2.75, 3.05) is 17.3 Å². The first-order chi connectivity index (χ1) is 8.46. The molecule has 0 aliphatic carbocycles. The Kier molecular flexibility index (Phi) is 3.46. The van der Waals surface area contributed by atoms with Crippen LogP contribution in [0.4, 0.5) is 5.82 Å². The van der Waals surface area contributed by atoms with Crippen molar-refractivity contribution >= 4 is 26.7 Å². The maximum Gasteiger partial charge on any atom is 0.160 e. The second kappa shape index (κ2) is 4.89. The van der Waals surface area contributed by atoms with Gasteiger partial charge in [-0.25, -0.2) is 18.4 Å². The van der Waals surface area contributed by atoms with Crippen LogP contribution in [0, 0.1) is 0 Å². The zero-order valence-corrected chi connectivity index (χ0v) is 11.0. The summed E-state index contributed by atoms with van der Waals surface area (Å²) in [6, 6.07) is 0.00715. The first-order valence-electron chi connectivity index (χ1n) is 5.54. The number of hydrogen-bond donors (Lipinski definition) is 2. The number of rotatable bonds is 5. The van der Waals surface area contributed by atoms with E-state index in [4.69, 9.17) is 0 Å². The van der Waals surface area contributed by atoms with Gasteiger partial charge in [-0.05, 0) is 13.3 Å². The minimum absolute atomic E-state index is 0.00715. The lowest BCUT2D eigenvalue weighted by atomic mass is 10.2. The normalized spacial score (nSPS) is 13.7. The van der Waals surface area contributed by atoms with Gasteiger partial charge in [0.25, 0.3) is 0 Å². The van der Waals surface area contributed by atoms with E-state index < -0.39 is 9.84 Å². The largest absolute Gasteiger partial charge is 0.367 e. The SMILES string of the molecule is CC(CCS(C)(=O)=O)Nc1ncnc2[nH]ncc12. The third-order valence-corrected chi connectivity index (χ3v) is 3.53. The van der Waals surface area contributed by atoms with Gasteiger partial charge < -0.3 is 5.32 Å². The van der Waals surface area contributed by atoms with E-state index in [1.165, 1.54) is 12.6 Å². The summed E-state index contributed by atoms with van der Waals surface area (Å²) in [6.07, 6.45) is 4.84. The van der Waals surface area contributed by atoms with Crippen molar-refractivity contribution in [3.05, 3.63) is 12.5 Å².